The molecule has 0 heterocycles. The highest BCUT2D eigenvalue weighted by molar-refractivity contribution is 7.92. The van der Waals surface area contributed by atoms with E-state index in [1.165, 1.54) is 36.4 Å². The van der Waals surface area contributed by atoms with Gasteiger partial charge in [0.15, 0.2) is 11.6 Å². The standard InChI is InChI=1S/C27H22F2N2O4S/c1-36(33,34)31(21-12-10-18(11-13-21)16-25(30)32)24-15-14-23(19-6-3-2-4-7-19)27(26(24)29)35-22-9-5-8-20(28)17-22/h2-15,17H,16H2,1H3,(H2,30,32). The Balaban J connectivity index is 1.88. The summed E-state index contributed by atoms with van der Waals surface area (Å²) in [5.41, 5.74) is 6.64. The molecule has 4 aromatic carbocycles. The predicted octanol–water partition coefficient (Wildman–Crippen LogP) is 5.55. The molecule has 0 bridgehead atoms. The third kappa shape index (κ3) is 5.52. The molecule has 2 N–H and O–H groups in total. The molecule has 0 aromatic heterocycles. The number of rotatable bonds is 8. The van der Waals surface area contributed by atoms with Gasteiger partial charge in [0.05, 0.1) is 24.1 Å². The Morgan fingerprint density at radius 3 is 2.22 bits per heavy atom. The second kappa shape index (κ2) is 10.2. The second-order valence-corrected chi connectivity index (χ2v) is 9.87. The van der Waals surface area contributed by atoms with Crippen LogP contribution in [0, 0.1) is 11.6 Å². The minimum atomic E-state index is -4.02. The average molecular weight is 509 g/mol. The first-order valence-corrected chi connectivity index (χ1v) is 12.7. The lowest BCUT2D eigenvalue weighted by molar-refractivity contribution is -0.117. The van der Waals surface area contributed by atoms with Crippen molar-refractivity contribution in [2.45, 2.75) is 6.42 Å². The van der Waals surface area contributed by atoms with Gasteiger partial charge in [0.1, 0.15) is 11.6 Å². The van der Waals surface area contributed by atoms with Crippen molar-refractivity contribution < 1.29 is 26.7 Å². The first kappa shape index (κ1) is 24.9. The molecule has 184 valence electrons. The number of benzene rings is 4. The molecule has 0 spiro atoms. The van der Waals surface area contributed by atoms with Gasteiger partial charge in [0.2, 0.25) is 15.9 Å². The maximum atomic E-state index is 16.1. The molecule has 0 radical (unpaired) electrons. The van der Waals surface area contributed by atoms with Crippen LogP contribution < -0.4 is 14.8 Å². The van der Waals surface area contributed by atoms with Gasteiger partial charge in [-0.25, -0.2) is 21.5 Å². The predicted molar refractivity (Wildman–Crippen MR) is 135 cm³/mol. The number of amides is 1. The summed E-state index contributed by atoms with van der Waals surface area (Å²) in [6.45, 7) is 0. The number of halogens is 2. The van der Waals surface area contributed by atoms with Crippen molar-refractivity contribution >= 4 is 27.3 Å². The Morgan fingerprint density at radius 2 is 1.61 bits per heavy atom. The largest absolute Gasteiger partial charge is 0.453 e. The van der Waals surface area contributed by atoms with Gasteiger partial charge in [-0.15, -0.1) is 0 Å². The van der Waals surface area contributed by atoms with E-state index in [-0.39, 0.29) is 29.3 Å². The van der Waals surface area contributed by atoms with Crippen LogP contribution in [-0.4, -0.2) is 20.6 Å². The molecule has 0 unspecified atom stereocenters. The smallest absolute Gasteiger partial charge is 0.236 e. The molecule has 1 amide bonds. The van der Waals surface area contributed by atoms with E-state index in [0.717, 1.165) is 16.6 Å². The van der Waals surface area contributed by atoms with E-state index in [2.05, 4.69) is 0 Å². The number of hydrogen-bond donors (Lipinski definition) is 1. The van der Waals surface area contributed by atoms with Crippen molar-refractivity contribution in [1.82, 2.24) is 0 Å². The number of primary amides is 1. The number of nitrogens with two attached hydrogens (primary N) is 1. The zero-order valence-corrected chi connectivity index (χ0v) is 20.0. The lowest BCUT2D eigenvalue weighted by atomic mass is 10.0. The Bertz CT molecular complexity index is 1510. The van der Waals surface area contributed by atoms with Gasteiger partial charge in [-0.3, -0.25) is 4.79 Å². The highest BCUT2D eigenvalue weighted by Crippen LogP contribution is 2.42. The van der Waals surface area contributed by atoms with Crippen molar-refractivity contribution in [3.8, 4) is 22.6 Å². The summed E-state index contributed by atoms with van der Waals surface area (Å²) >= 11 is 0. The van der Waals surface area contributed by atoms with Crippen LogP contribution in [0.2, 0.25) is 0 Å². The van der Waals surface area contributed by atoms with Gasteiger partial charge in [0.25, 0.3) is 0 Å². The summed E-state index contributed by atoms with van der Waals surface area (Å²) < 4.78 is 62.2. The van der Waals surface area contributed by atoms with E-state index in [0.29, 0.717) is 16.7 Å². The fourth-order valence-electron chi connectivity index (χ4n) is 3.76. The third-order valence-corrected chi connectivity index (χ3v) is 6.35. The van der Waals surface area contributed by atoms with Crippen LogP contribution in [0.3, 0.4) is 0 Å². The highest BCUT2D eigenvalue weighted by Gasteiger charge is 2.27. The maximum absolute atomic E-state index is 16.1. The van der Waals surface area contributed by atoms with Crippen molar-refractivity contribution in [3.63, 3.8) is 0 Å². The Labute approximate surface area is 207 Å². The summed E-state index contributed by atoms with van der Waals surface area (Å²) in [6.07, 6.45) is 0.923. The van der Waals surface area contributed by atoms with Crippen LogP contribution in [0.1, 0.15) is 5.56 Å². The Morgan fingerprint density at radius 1 is 0.917 bits per heavy atom. The fraction of sp³-hybridized carbons (Fsp3) is 0.0741. The van der Waals surface area contributed by atoms with E-state index < -0.39 is 27.6 Å². The summed E-state index contributed by atoms with van der Waals surface area (Å²) in [4.78, 5) is 11.2. The van der Waals surface area contributed by atoms with Gasteiger partial charge < -0.3 is 10.5 Å². The summed E-state index contributed by atoms with van der Waals surface area (Å²) in [5, 5.41) is 0. The van der Waals surface area contributed by atoms with Crippen LogP contribution in [0.5, 0.6) is 11.5 Å². The van der Waals surface area contributed by atoms with E-state index in [1.54, 1.807) is 48.5 Å². The SMILES string of the molecule is CS(=O)(=O)N(c1ccc(CC(N)=O)cc1)c1ccc(-c2ccccc2)c(Oc2cccc(F)c2)c1F. The highest BCUT2D eigenvalue weighted by atomic mass is 32.2. The minimum absolute atomic E-state index is 0.0229. The molecule has 9 heteroatoms. The number of sulfonamides is 1. The molecule has 0 saturated carbocycles. The monoisotopic (exact) mass is 508 g/mol. The van der Waals surface area contributed by atoms with E-state index in [4.69, 9.17) is 10.5 Å². The number of hydrogen-bond acceptors (Lipinski definition) is 4. The summed E-state index contributed by atoms with van der Waals surface area (Å²) in [5.74, 6) is -2.27. The van der Waals surface area contributed by atoms with Gasteiger partial charge in [-0.05, 0) is 47.5 Å². The molecule has 36 heavy (non-hydrogen) atoms. The first-order valence-electron chi connectivity index (χ1n) is 10.8. The van der Waals surface area contributed by atoms with Crippen LogP contribution >= 0.6 is 0 Å². The fourth-order valence-corrected chi connectivity index (χ4v) is 4.76. The van der Waals surface area contributed by atoms with Crippen LogP contribution in [-0.2, 0) is 21.2 Å². The Kier molecular flexibility index (Phi) is 7.03. The van der Waals surface area contributed by atoms with E-state index >= 15 is 4.39 Å². The molecular formula is C27H22F2N2O4S. The van der Waals surface area contributed by atoms with E-state index in [9.17, 15) is 17.6 Å². The van der Waals surface area contributed by atoms with Gasteiger partial charge in [0, 0.05) is 11.6 Å². The van der Waals surface area contributed by atoms with Crippen molar-refractivity contribution in [1.29, 1.82) is 0 Å². The molecule has 0 aliphatic rings. The number of anilines is 2. The van der Waals surface area contributed by atoms with Gasteiger partial charge in [-0.1, -0.05) is 48.5 Å². The van der Waals surface area contributed by atoms with Crippen LogP contribution in [0.15, 0.2) is 91.0 Å². The lowest BCUT2D eigenvalue weighted by Gasteiger charge is -2.25. The van der Waals surface area contributed by atoms with Crippen molar-refractivity contribution in [2.75, 3.05) is 10.6 Å². The third-order valence-electron chi connectivity index (χ3n) is 5.28. The normalized spacial score (nSPS) is 11.2. The molecule has 4 aromatic rings. The molecule has 0 aliphatic heterocycles. The van der Waals surface area contributed by atoms with E-state index in [1.807, 2.05) is 0 Å². The minimum Gasteiger partial charge on any atom is -0.453 e. The zero-order chi connectivity index (χ0) is 25.9. The maximum Gasteiger partial charge on any atom is 0.236 e. The quantitative estimate of drug-likeness (QED) is 0.338. The number of carbonyl (C=O) groups excluding carboxylic acids is 1. The topological polar surface area (TPSA) is 89.7 Å². The molecule has 0 fully saturated rings. The van der Waals surface area contributed by atoms with Crippen molar-refractivity contribution in [3.05, 3.63) is 108 Å². The van der Waals surface area contributed by atoms with Crippen LogP contribution in [0.4, 0.5) is 20.2 Å². The number of ether oxygens (including phenoxy) is 1. The summed E-state index contributed by atoms with van der Waals surface area (Å²) in [6, 6.07) is 22.9. The lowest BCUT2D eigenvalue weighted by Crippen LogP contribution is -2.26. The molecule has 6 nitrogen and oxygen atoms in total. The zero-order valence-electron chi connectivity index (χ0n) is 19.2. The van der Waals surface area contributed by atoms with Crippen LogP contribution in [0.25, 0.3) is 11.1 Å². The first-order chi connectivity index (χ1) is 17.1. The second-order valence-electron chi connectivity index (χ2n) is 8.04. The molecule has 0 atom stereocenters. The number of nitrogens with zero attached hydrogens (tertiary/aromatic N) is 1. The van der Waals surface area contributed by atoms with Gasteiger partial charge in [-0.2, -0.15) is 0 Å². The molecule has 0 saturated heterocycles. The van der Waals surface area contributed by atoms with Gasteiger partial charge >= 0.3 is 0 Å². The van der Waals surface area contributed by atoms with Crippen molar-refractivity contribution in [2.24, 2.45) is 5.73 Å². The average Bonchev–Trinajstić information content (AvgIpc) is 2.82. The number of carbonyl (C=O) groups is 1. The molecule has 0 aliphatic carbocycles. The Hall–Kier alpha value is -4.24. The summed E-state index contributed by atoms with van der Waals surface area (Å²) in [7, 11) is -4.02. The molecular weight excluding hydrogens is 486 g/mol. The molecule has 4 rings (SSSR count).